The number of carbonyl (C=O) groups excluding carboxylic acids is 2. The summed E-state index contributed by atoms with van der Waals surface area (Å²) < 4.78 is 18.9. The molecule has 0 saturated carbocycles. The van der Waals surface area contributed by atoms with Gasteiger partial charge in [-0.1, -0.05) is 6.07 Å². The maximum Gasteiger partial charge on any atom is 0.276 e. The van der Waals surface area contributed by atoms with Gasteiger partial charge in [-0.05, 0) is 71.2 Å². The summed E-state index contributed by atoms with van der Waals surface area (Å²) >= 11 is 3.15. The van der Waals surface area contributed by atoms with Gasteiger partial charge in [0.05, 0.1) is 5.56 Å². The number of carbonyl (C=O) groups is 2. The van der Waals surface area contributed by atoms with Gasteiger partial charge in [-0.15, -0.1) is 0 Å². The third-order valence-electron chi connectivity index (χ3n) is 3.34. The van der Waals surface area contributed by atoms with Crippen molar-refractivity contribution in [2.24, 2.45) is 0 Å². The minimum absolute atomic E-state index is 0.0744. The van der Waals surface area contributed by atoms with Crippen LogP contribution in [0.15, 0.2) is 40.9 Å². The van der Waals surface area contributed by atoms with E-state index in [0.717, 1.165) is 17.2 Å². The molecule has 2 N–H and O–H groups in total. The summed E-state index contributed by atoms with van der Waals surface area (Å²) in [6, 6.07) is 9.18. The SMILES string of the molecule is Cc1ccc(OCC(=O)NNC(=O)c2cc(F)ccc2Br)cc1C. The van der Waals surface area contributed by atoms with Gasteiger partial charge in [0.1, 0.15) is 11.6 Å². The van der Waals surface area contributed by atoms with E-state index < -0.39 is 17.6 Å². The number of halogens is 2. The molecule has 0 bridgehead atoms. The Balaban J connectivity index is 1.85. The van der Waals surface area contributed by atoms with Gasteiger partial charge in [-0.3, -0.25) is 20.4 Å². The van der Waals surface area contributed by atoms with E-state index in [9.17, 15) is 14.0 Å². The van der Waals surface area contributed by atoms with E-state index >= 15 is 0 Å². The lowest BCUT2D eigenvalue weighted by atomic mass is 10.1. The highest BCUT2D eigenvalue weighted by molar-refractivity contribution is 9.10. The molecule has 24 heavy (non-hydrogen) atoms. The lowest BCUT2D eigenvalue weighted by Gasteiger charge is -2.10. The van der Waals surface area contributed by atoms with Gasteiger partial charge in [0.15, 0.2) is 6.61 Å². The first kappa shape index (κ1) is 17.9. The van der Waals surface area contributed by atoms with Crippen molar-refractivity contribution >= 4 is 27.7 Å². The second-order valence-electron chi connectivity index (χ2n) is 5.16. The summed E-state index contributed by atoms with van der Waals surface area (Å²) in [5.41, 5.74) is 6.68. The Bertz CT molecular complexity index is 780. The third-order valence-corrected chi connectivity index (χ3v) is 4.03. The molecule has 0 aliphatic heterocycles. The molecule has 2 amide bonds. The third kappa shape index (κ3) is 4.79. The van der Waals surface area contributed by atoms with Crippen LogP contribution in [0.1, 0.15) is 21.5 Å². The van der Waals surface area contributed by atoms with Crippen molar-refractivity contribution in [2.45, 2.75) is 13.8 Å². The van der Waals surface area contributed by atoms with Crippen LogP contribution in [0.3, 0.4) is 0 Å². The molecule has 0 radical (unpaired) electrons. The van der Waals surface area contributed by atoms with Gasteiger partial charge in [0.25, 0.3) is 11.8 Å². The standard InChI is InChI=1S/C17H16BrFN2O3/c1-10-3-5-13(7-11(10)2)24-9-16(22)20-21-17(23)14-8-12(19)4-6-15(14)18/h3-8H,9H2,1-2H3,(H,20,22)(H,21,23). The number of ether oxygens (including phenoxy) is 1. The highest BCUT2D eigenvalue weighted by atomic mass is 79.9. The van der Waals surface area contributed by atoms with Gasteiger partial charge in [-0.25, -0.2) is 4.39 Å². The highest BCUT2D eigenvalue weighted by Crippen LogP contribution is 2.17. The number of hydrogen-bond acceptors (Lipinski definition) is 3. The van der Waals surface area contributed by atoms with Crippen LogP contribution in [-0.2, 0) is 4.79 Å². The normalized spacial score (nSPS) is 10.2. The largest absolute Gasteiger partial charge is 0.484 e. The van der Waals surface area contributed by atoms with E-state index in [2.05, 4.69) is 26.8 Å². The molecule has 0 fully saturated rings. The number of amides is 2. The fourth-order valence-electron chi connectivity index (χ4n) is 1.85. The van der Waals surface area contributed by atoms with Crippen molar-refractivity contribution in [3.8, 4) is 5.75 Å². The zero-order valence-corrected chi connectivity index (χ0v) is 14.7. The van der Waals surface area contributed by atoms with E-state index in [4.69, 9.17) is 4.74 Å². The van der Waals surface area contributed by atoms with Crippen molar-refractivity contribution in [1.29, 1.82) is 0 Å². The number of hydrogen-bond donors (Lipinski definition) is 2. The van der Waals surface area contributed by atoms with Crippen molar-refractivity contribution in [3.63, 3.8) is 0 Å². The summed E-state index contributed by atoms with van der Waals surface area (Å²) in [7, 11) is 0. The van der Waals surface area contributed by atoms with Crippen LogP contribution >= 0.6 is 15.9 Å². The quantitative estimate of drug-likeness (QED) is 0.783. The number of benzene rings is 2. The molecule has 0 unspecified atom stereocenters. The molecular formula is C17H16BrFN2O3. The summed E-state index contributed by atoms with van der Waals surface area (Å²) in [4.78, 5) is 23.6. The maximum atomic E-state index is 13.2. The molecule has 7 heteroatoms. The van der Waals surface area contributed by atoms with Gasteiger partial charge in [-0.2, -0.15) is 0 Å². The van der Waals surface area contributed by atoms with Crippen molar-refractivity contribution in [3.05, 3.63) is 63.4 Å². The van der Waals surface area contributed by atoms with Crippen LogP contribution < -0.4 is 15.6 Å². The summed E-state index contributed by atoms with van der Waals surface area (Å²) in [5.74, 6) is -1.16. The monoisotopic (exact) mass is 394 g/mol. The first-order chi connectivity index (χ1) is 11.4. The van der Waals surface area contributed by atoms with E-state index in [1.165, 1.54) is 12.1 Å². The predicted molar refractivity (Wildman–Crippen MR) is 91.1 cm³/mol. The Hall–Kier alpha value is -2.41. The number of hydrazine groups is 1. The van der Waals surface area contributed by atoms with Gasteiger partial charge in [0.2, 0.25) is 0 Å². The fourth-order valence-corrected chi connectivity index (χ4v) is 2.28. The molecule has 2 rings (SSSR count). The molecule has 0 heterocycles. The molecule has 0 aliphatic carbocycles. The van der Waals surface area contributed by atoms with Crippen molar-refractivity contribution in [1.82, 2.24) is 10.9 Å². The highest BCUT2D eigenvalue weighted by Gasteiger charge is 2.12. The molecule has 126 valence electrons. The Morgan fingerprint density at radius 2 is 1.83 bits per heavy atom. The lowest BCUT2D eigenvalue weighted by Crippen LogP contribution is -2.44. The van der Waals surface area contributed by atoms with Crippen molar-refractivity contribution < 1.29 is 18.7 Å². The fraction of sp³-hybridized carbons (Fsp3) is 0.176. The average Bonchev–Trinajstić information content (AvgIpc) is 2.56. The van der Waals surface area contributed by atoms with Crippen LogP contribution in [-0.4, -0.2) is 18.4 Å². The molecule has 2 aromatic rings. The molecule has 0 spiro atoms. The Labute approximate surface area is 147 Å². The Kier molecular flexibility index (Phi) is 5.92. The minimum atomic E-state index is -0.638. The average molecular weight is 395 g/mol. The van der Waals surface area contributed by atoms with Crippen LogP contribution in [0.4, 0.5) is 4.39 Å². The first-order valence-corrected chi connectivity index (χ1v) is 7.90. The molecule has 5 nitrogen and oxygen atoms in total. The first-order valence-electron chi connectivity index (χ1n) is 7.11. The molecule has 0 aromatic heterocycles. The van der Waals surface area contributed by atoms with E-state index in [1.54, 1.807) is 6.07 Å². The van der Waals surface area contributed by atoms with Gasteiger partial charge < -0.3 is 4.74 Å². The maximum absolute atomic E-state index is 13.2. The smallest absolute Gasteiger partial charge is 0.276 e. The second-order valence-corrected chi connectivity index (χ2v) is 6.02. The van der Waals surface area contributed by atoms with Crippen LogP contribution in [0.5, 0.6) is 5.75 Å². The number of rotatable bonds is 4. The molecule has 2 aromatic carbocycles. The summed E-state index contributed by atoms with van der Waals surface area (Å²) in [6.07, 6.45) is 0. The Morgan fingerprint density at radius 1 is 1.08 bits per heavy atom. The van der Waals surface area contributed by atoms with Crippen molar-refractivity contribution in [2.75, 3.05) is 6.61 Å². The zero-order valence-electron chi connectivity index (χ0n) is 13.2. The number of aryl methyl sites for hydroxylation is 2. The van der Waals surface area contributed by atoms with Crippen LogP contribution in [0, 0.1) is 19.7 Å². The molecular weight excluding hydrogens is 379 g/mol. The second kappa shape index (κ2) is 7.92. The van der Waals surface area contributed by atoms with E-state index in [-0.39, 0.29) is 12.2 Å². The number of nitrogens with one attached hydrogen (secondary N) is 2. The molecule has 0 aliphatic rings. The van der Waals surface area contributed by atoms with Gasteiger partial charge >= 0.3 is 0 Å². The Morgan fingerprint density at radius 3 is 2.54 bits per heavy atom. The lowest BCUT2D eigenvalue weighted by molar-refractivity contribution is -0.123. The van der Waals surface area contributed by atoms with Gasteiger partial charge in [0, 0.05) is 4.47 Å². The van der Waals surface area contributed by atoms with E-state index in [0.29, 0.717) is 10.2 Å². The van der Waals surface area contributed by atoms with Crippen LogP contribution in [0.25, 0.3) is 0 Å². The van der Waals surface area contributed by atoms with E-state index in [1.807, 2.05) is 26.0 Å². The predicted octanol–water partition coefficient (Wildman–Crippen LogP) is 3.05. The molecule has 0 atom stereocenters. The summed E-state index contributed by atoms with van der Waals surface area (Å²) in [6.45, 7) is 3.67. The minimum Gasteiger partial charge on any atom is -0.484 e. The molecule has 0 saturated heterocycles. The zero-order chi connectivity index (χ0) is 17.7. The van der Waals surface area contributed by atoms with Crippen LogP contribution in [0.2, 0.25) is 0 Å². The summed E-state index contributed by atoms with van der Waals surface area (Å²) in [5, 5.41) is 0. The topological polar surface area (TPSA) is 67.4 Å².